The average molecular weight is 1030 g/mol. The van der Waals surface area contributed by atoms with Crippen LogP contribution < -0.4 is 33.9 Å². The second kappa shape index (κ2) is 24.4. The summed E-state index contributed by atoms with van der Waals surface area (Å²) in [7, 11) is -5.08. The van der Waals surface area contributed by atoms with Gasteiger partial charge in [0.15, 0.2) is 0 Å². The lowest BCUT2D eigenvalue weighted by molar-refractivity contribution is -0.385. The van der Waals surface area contributed by atoms with Gasteiger partial charge in [0.2, 0.25) is 17.5 Å². The predicted octanol–water partition coefficient (Wildman–Crippen LogP) is 6.67. The zero-order chi connectivity index (χ0) is 48.7. The number of aryl methyl sites for hydroxylation is 1. The molecule has 29 heteroatoms. The molecule has 0 saturated heterocycles. The first-order chi connectivity index (χ1) is 29.6. The van der Waals surface area contributed by atoms with Gasteiger partial charge in [-0.1, -0.05) is 40.9 Å². The first-order valence-corrected chi connectivity index (χ1v) is 24.2. The summed E-state index contributed by atoms with van der Waals surface area (Å²) >= 11 is 18.0. The van der Waals surface area contributed by atoms with Gasteiger partial charge in [-0.2, -0.15) is 36.1 Å². The minimum Gasteiger partial charge on any atom is -0.778 e. The van der Waals surface area contributed by atoms with Crippen LogP contribution >= 0.6 is 42.4 Å². The molecular formula is C35H40Cl3F3N7O13PS2. The third-order valence-electron chi connectivity index (χ3n) is 6.92. The highest BCUT2D eigenvalue weighted by atomic mass is 35.5. The van der Waals surface area contributed by atoms with E-state index < -0.39 is 58.2 Å². The van der Waals surface area contributed by atoms with E-state index in [1.54, 1.807) is 19.9 Å². The number of halogens is 6. The lowest BCUT2D eigenvalue weighted by atomic mass is 10.2. The Morgan fingerprint density at radius 1 is 1.00 bits per heavy atom. The summed E-state index contributed by atoms with van der Waals surface area (Å²) < 4.78 is 97.3. The molecule has 4 N–H and O–H groups in total. The van der Waals surface area contributed by atoms with Gasteiger partial charge in [-0.05, 0) is 60.6 Å². The van der Waals surface area contributed by atoms with Crippen LogP contribution in [0.5, 0.6) is 29.0 Å². The Hall–Kier alpha value is -4.85. The number of hydrogen-bond donors (Lipinski definition) is 4. The van der Waals surface area contributed by atoms with Crippen molar-refractivity contribution in [2.75, 3.05) is 57.1 Å². The van der Waals surface area contributed by atoms with Crippen molar-refractivity contribution in [2.24, 2.45) is 0 Å². The Morgan fingerprint density at radius 2 is 1.64 bits per heavy atom. The maximum absolute atomic E-state index is 12.7. The second-order valence-corrected chi connectivity index (χ2v) is 19.3. The number of ether oxygens (including phenoxy) is 4. The summed E-state index contributed by atoms with van der Waals surface area (Å²) in [5.74, 6) is -0.665. The van der Waals surface area contributed by atoms with Gasteiger partial charge < -0.3 is 38.4 Å². The van der Waals surface area contributed by atoms with Gasteiger partial charge in [-0.25, -0.2) is 0 Å². The lowest BCUT2D eigenvalue weighted by Gasteiger charge is -2.14. The van der Waals surface area contributed by atoms with Gasteiger partial charge in [-0.3, -0.25) is 24.9 Å². The molecule has 0 radical (unpaired) electrons. The molecule has 0 fully saturated rings. The summed E-state index contributed by atoms with van der Waals surface area (Å²) in [6, 6.07) is 11.1. The molecule has 20 nitrogen and oxygen atoms in total. The Kier molecular flexibility index (Phi) is 21.1. The molecule has 0 spiro atoms. The van der Waals surface area contributed by atoms with E-state index in [0.717, 1.165) is 22.7 Å². The van der Waals surface area contributed by atoms with E-state index >= 15 is 0 Å². The zero-order valence-electron chi connectivity index (χ0n) is 34.5. The number of carboxylic acid groups (broad SMARTS) is 1. The summed E-state index contributed by atoms with van der Waals surface area (Å²) in [4.78, 5) is 46.0. The van der Waals surface area contributed by atoms with Crippen LogP contribution in [0.25, 0.3) is 5.78 Å². The fraction of sp³-hybridized carbons (Fsp3) is 0.314. The molecule has 352 valence electrons. The molecule has 0 aliphatic rings. The highest BCUT2D eigenvalue weighted by molar-refractivity contribution is 7.94. The largest absolute Gasteiger partial charge is 0.778 e. The number of aliphatic carboxylic acids is 1. The number of nitrogens with zero attached hydrogens (tertiary/aromatic N) is 5. The van der Waals surface area contributed by atoms with Gasteiger partial charge in [0.05, 0.1) is 89.7 Å². The number of rotatable bonds is 14. The van der Waals surface area contributed by atoms with Crippen molar-refractivity contribution in [1.29, 1.82) is 0 Å². The number of benzene rings is 3. The number of aromatic nitrogens is 4. The fourth-order valence-electron chi connectivity index (χ4n) is 4.27. The van der Waals surface area contributed by atoms with Crippen molar-refractivity contribution >= 4 is 86.4 Å². The molecule has 2 aromatic heterocycles. The number of methoxy groups -OCH3 is 2. The molecule has 0 bridgehead atoms. The molecule has 3 aromatic carbocycles. The van der Waals surface area contributed by atoms with Gasteiger partial charge in [0.25, 0.3) is 21.0 Å². The van der Waals surface area contributed by atoms with Crippen LogP contribution in [0, 0.1) is 17.0 Å². The topological polar surface area (TPSA) is 279 Å². The second-order valence-electron chi connectivity index (χ2n) is 12.5. The number of fused-ring (bicyclic) bond motifs is 1. The minimum absolute atomic E-state index is 0.0111. The van der Waals surface area contributed by atoms with E-state index in [-0.39, 0.29) is 67.8 Å². The molecule has 0 aliphatic heterocycles. The average Bonchev–Trinajstić information content (AvgIpc) is 3.63. The van der Waals surface area contributed by atoms with E-state index in [0.29, 0.717) is 16.5 Å². The van der Waals surface area contributed by atoms with Gasteiger partial charge in [0.1, 0.15) is 19.1 Å². The third kappa shape index (κ3) is 17.6. The van der Waals surface area contributed by atoms with Crippen molar-refractivity contribution in [3.8, 4) is 29.0 Å². The first kappa shape index (κ1) is 55.3. The van der Waals surface area contributed by atoms with E-state index in [2.05, 4.69) is 38.6 Å². The van der Waals surface area contributed by atoms with Crippen LogP contribution in [-0.2, 0) is 36.5 Å². The van der Waals surface area contributed by atoms with E-state index in [4.69, 9.17) is 63.8 Å². The number of carbonyl (C=O) groups is 1. The fourth-order valence-corrected chi connectivity index (χ4v) is 6.42. The normalized spacial score (nSPS) is 12.0. The summed E-state index contributed by atoms with van der Waals surface area (Å²) in [6.45, 7) is 3.10. The quantitative estimate of drug-likeness (QED) is 0.0391. The number of nitrogens with one attached hydrogen (secondary N) is 2. The number of nitro benzene ring substituents is 1. The van der Waals surface area contributed by atoms with Crippen molar-refractivity contribution in [3.05, 3.63) is 90.9 Å². The molecule has 0 saturated carbocycles. The standard InChI is InChI=1S/C15H11ClF3NO4.C14H13Cl2N5O4S.C3H8NO5P.C3H9S/c1-2-23-14-8-10(4-5-12(14)20(21)22)24-13-6-3-9(7-11(13)16)15(17,18)19;1-7-4-5-8(15)12(11(7)16)20-26(22,23)14-18-13-17-9(24-2)6-10(25-3)21(13)19-14;5-3(6)1-4-2-10(7,8)9;1-4(2)3/h3-8H,2H2,1H3;4-6,20H,1-3H3;4H,1-2H2,(H,5,6)(H2,7,8,9);1-3H3/q;;;+1/p-1. The number of alkyl halides is 3. The smallest absolute Gasteiger partial charge is 0.416 e. The Balaban J connectivity index is 0.000000342. The monoisotopic (exact) mass is 1020 g/mol. The van der Waals surface area contributed by atoms with Gasteiger partial charge >= 0.3 is 17.8 Å². The molecular weight excluding hydrogens is 985 g/mol. The molecule has 0 aliphatic carbocycles. The molecule has 1 unspecified atom stereocenters. The Bertz CT molecular complexity index is 2570. The van der Waals surface area contributed by atoms with Gasteiger partial charge in [0, 0.05) is 12.1 Å². The molecule has 2 heterocycles. The Morgan fingerprint density at radius 3 is 2.16 bits per heavy atom. The van der Waals surface area contributed by atoms with Crippen LogP contribution in [0.15, 0.2) is 59.8 Å². The molecule has 1 atom stereocenters. The van der Waals surface area contributed by atoms with Crippen molar-refractivity contribution in [3.63, 3.8) is 0 Å². The van der Waals surface area contributed by atoms with Crippen LogP contribution in [0.2, 0.25) is 15.1 Å². The number of nitro groups is 1. The van der Waals surface area contributed by atoms with Gasteiger partial charge in [-0.15, -0.1) is 5.10 Å². The number of hydrogen-bond acceptors (Lipinski definition) is 15. The number of anilines is 1. The van der Waals surface area contributed by atoms with Crippen molar-refractivity contribution < 1.29 is 69.7 Å². The van der Waals surface area contributed by atoms with Crippen LogP contribution in [-0.4, -0.2) is 101 Å². The van der Waals surface area contributed by atoms with Crippen LogP contribution in [0.1, 0.15) is 18.1 Å². The maximum atomic E-state index is 12.7. The van der Waals surface area contributed by atoms with E-state index in [9.17, 15) is 46.0 Å². The third-order valence-corrected chi connectivity index (χ3v) is 9.77. The van der Waals surface area contributed by atoms with E-state index in [1.165, 1.54) is 44.6 Å². The lowest BCUT2D eigenvalue weighted by Crippen LogP contribution is -2.25. The minimum atomic E-state index is -4.52. The van der Waals surface area contributed by atoms with Crippen LogP contribution in [0.4, 0.5) is 24.5 Å². The number of carboxylic acids is 1. The summed E-state index contributed by atoms with van der Waals surface area (Å²) in [5, 5.41) is 24.4. The highest BCUT2D eigenvalue weighted by Gasteiger charge is 2.31. The maximum Gasteiger partial charge on any atom is 0.416 e. The Labute approximate surface area is 381 Å². The molecule has 5 rings (SSSR count). The van der Waals surface area contributed by atoms with Crippen LogP contribution in [0.3, 0.4) is 0 Å². The predicted molar refractivity (Wildman–Crippen MR) is 232 cm³/mol. The zero-order valence-corrected chi connectivity index (χ0v) is 39.3. The molecule has 5 aromatic rings. The van der Waals surface area contributed by atoms with Crippen molar-refractivity contribution in [1.82, 2.24) is 24.9 Å². The molecule has 64 heavy (non-hydrogen) atoms. The number of sulfonamides is 1. The SMILES string of the molecule is CCOc1cc(Oc2ccc(C(F)(F)F)cc2Cl)ccc1[N+](=O)[O-].COc1cc(OC)n2nc(S(=O)(=O)Nc3c(Cl)ccc(C)c3Cl)nc2n1.C[S+](C)C.O=C(O)CNCP(=O)([O-])O. The highest BCUT2D eigenvalue weighted by Crippen LogP contribution is 2.39. The summed E-state index contributed by atoms with van der Waals surface area (Å²) in [5.41, 5.74) is -0.448. The first-order valence-electron chi connectivity index (χ1n) is 17.4. The summed E-state index contributed by atoms with van der Waals surface area (Å²) in [6.07, 6.45) is 1.36. The van der Waals surface area contributed by atoms with E-state index in [1.807, 2.05) is 5.32 Å². The van der Waals surface area contributed by atoms with Crippen molar-refractivity contribution in [2.45, 2.75) is 25.2 Å². The molecule has 0 amide bonds.